The third-order valence-corrected chi connectivity index (χ3v) is 9.00. The van der Waals surface area contributed by atoms with E-state index in [4.69, 9.17) is 0 Å². The Morgan fingerprint density at radius 3 is 1.44 bits per heavy atom. The zero-order chi connectivity index (χ0) is 27.1. The maximum absolute atomic E-state index is 13.9. The molecular formula is C32H25N3O4. The third kappa shape index (κ3) is 2.40. The molecule has 0 aliphatic heterocycles. The van der Waals surface area contributed by atoms with Crippen LogP contribution in [0.2, 0.25) is 0 Å². The molecule has 0 atom stereocenters. The summed E-state index contributed by atoms with van der Waals surface area (Å²) in [6.07, 6.45) is 1.38. The number of nitrogens with zero attached hydrogens (tertiary/aromatic N) is 2. The number of H-pyrrole nitrogens is 1. The largest absolute Gasteiger partial charge is 0.354 e. The van der Waals surface area contributed by atoms with Crippen molar-refractivity contribution >= 4 is 75.7 Å². The Kier molecular flexibility index (Phi) is 4.10. The average molecular weight is 516 g/mol. The van der Waals surface area contributed by atoms with Crippen LogP contribution in [0.4, 0.5) is 0 Å². The fourth-order valence-electron chi connectivity index (χ4n) is 7.29. The molecule has 8 rings (SSSR count). The lowest BCUT2D eigenvalue weighted by atomic mass is 9.86. The molecule has 7 heteroatoms. The highest BCUT2D eigenvalue weighted by atomic mass is 16.2. The lowest BCUT2D eigenvalue weighted by Gasteiger charge is -2.20. The standard InChI is InChI=1S/C32H25N3O4/c1-5-14(6-2)35-30(37)18-10-8-16-15-7-9-17-23-19(31(38)34(13(3)4)29(17)36)11-21-27(25(15)23)28-22(33-21)12-20(32(35)39)24(18)26(16)28/h7-14,33H,5-6H2,1-4H3. The predicted octanol–water partition coefficient (Wildman–Crippen LogP) is 5.82. The summed E-state index contributed by atoms with van der Waals surface area (Å²) in [6.45, 7) is 7.67. The number of nitrogens with one attached hydrogen (secondary N) is 1. The van der Waals surface area contributed by atoms with E-state index in [1.165, 1.54) is 9.13 Å². The lowest BCUT2D eigenvalue weighted by molar-refractivity contribution is 0.451. The summed E-state index contributed by atoms with van der Waals surface area (Å²) in [5, 5.41) is 8.87. The van der Waals surface area contributed by atoms with Crippen LogP contribution in [0.1, 0.15) is 52.6 Å². The quantitative estimate of drug-likeness (QED) is 0.236. The molecule has 5 aromatic carbocycles. The van der Waals surface area contributed by atoms with Gasteiger partial charge in [0.1, 0.15) is 0 Å². The van der Waals surface area contributed by atoms with E-state index in [-0.39, 0.29) is 34.3 Å². The van der Waals surface area contributed by atoms with Crippen LogP contribution in [-0.4, -0.2) is 14.1 Å². The predicted molar refractivity (Wildman–Crippen MR) is 159 cm³/mol. The smallest absolute Gasteiger partial charge is 0.261 e. The minimum Gasteiger partial charge on any atom is -0.354 e. The van der Waals surface area contributed by atoms with Crippen LogP contribution >= 0.6 is 0 Å². The summed E-state index contributed by atoms with van der Waals surface area (Å²) in [5.41, 5.74) is 0.464. The molecule has 0 saturated heterocycles. The monoisotopic (exact) mass is 515 g/mol. The van der Waals surface area contributed by atoms with Gasteiger partial charge in [-0.25, -0.2) is 0 Å². The molecule has 192 valence electrons. The van der Waals surface area contributed by atoms with Gasteiger partial charge in [0.15, 0.2) is 0 Å². The first kappa shape index (κ1) is 22.5. The van der Waals surface area contributed by atoms with Crippen LogP contribution in [0.3, 0.4) is 0 Å². The number of rotatable bonds is 4. The van der Waals surface area contributed by atoms with E-state index in [0.29, 0.717) is 45.2 Å². The highest BCUT2D eigenvalue weighted by molar-refractivity contribution is 6.45. The number of pyridine rings is 2. The fourth-order valence-corrected chi connectivity index (χ4v) is 7.29. The second kappa shape index (κ2) is 7.11. The van der Waals surface area contributed by atoms with E-state index in [1.54, 1.807) is 0 Å². The fraction of sp³-hybridized carbons (Fsp3) is 0.250. The Labute approximate surface area is 220 Å². The van der Waals surface area contributed by atoms with Gasteiger partial charge in [-0.05, 0) is 61.7 Å². The van der Waals surface area contributed by atoms with Crippen molar-refractivity contribution in [2.45, 2.75) is 52.6 Å². The van der Waals surface area contributed by atoms with Crippen molar-refractivity contribution in [1.29, 1.82) is 0 Å². The van der Waals surface area contributed by atoms with Gasteiger partial charge in [-0.2, -0.15) is 0 Å². The van der Waals surface area contributed by atoms with Crippen molar-refractivity contribution in [2.24, 2.45) is 0 Å². The van der Waals surface area contributed by atoms with E-state index < -0.39 is 0 Å². The van der Waals surface area contributed by atoms with Crippen molar-refractivity contribution in [3.05, 3.63) is 77.8 Å². The number of fused-ring (bicyclic) bond motifs is 1. The minimum absolute atomic E-state index is 0.172. The maximum Gasteiger partial charge on any atom is 0.261 e. The molecule has 0 spiro atoms. The summed E-state index contributed by atoms with van der Waals surface area (Å²) in [6, 6.07) is 10.8. The number of hydrogen-bond acceptors (Lipinski definition) is 4. The number of aromatic amines is 1. The molecule has 8 aromatic rings. The summed E-state index contributed by atoms with van der Waals surface area (Å²) >= 11 is 0. The van der Waals surface area contributed by atoms with Crippen LogP contribution < -0.4 is 22.2 Å². The molecule has 0 bridgehead atoms. The summed E-state index contributed by atoms with van der Waals surface area (Å²) < 4.78 is 2.76. The SMILES string of the molecule is CCC(CC)n1c(=O)c2ccc3c4ccc5c(=O)n(C(C)C)c(=O)c6cc7[nH]c8cc(c1=O)c2c3c8c7c4c56. The Hall–Kier alpha value is -4.52. The van der Waals surface area contributed by atoms with Crippen LogP contribution in [0.15, 0.2) is 55.6 Å². The van der Waals surface area contributed by atoms with Gasteiger partial charge in [0.05, 0.1) is 10.8 Å². The molecule has 39 heavy (non-hydrogen) atoms. The molecule has 0 saturated carbocycles. The van der Waals surface area contributed by atoms with Crippen LogP contribution in [0.25, 0.3) is 75.7 Å². The summed E-state index contributed by atoms with van der Waals surface area (Å²) in [7, 11) is 0. The van der Waals surface area contributed by atoms with E-state index in [2.05, 4.69) is 4.98 Å². The molecule has 3 aromatic heterocycles. The van der Waals surface area contributed by atoms with Crippen molar-refractivity contribution in [1.82, 2.24) is 14.1 Å². The molecule has 3 heterocycles. The zero-order valence-electron chi connectivity index (χ0n) is 22.1. The van der Waals surface area contributed by atoms with Gasteiger partial charge in [-0.3, -0.25) is 28.3 Å². The molecule has 0 fully saturated rings. The van der Waals surface area contributed by atoms with Gasteiger partial charge in [0, 0.05) is 66.2 Å². The van der Waals surface area contributed by atoms with Crippen molar-refractivity contribution in [3.63, 3.8) is 0 Å². The third-order valence-electron chi connectivity index (χ3n) is 9.00. The molecule has 0 aliphatic carbocycles. The number of benzene rings is 5. The van der Waals surface area contributed by atoms with E-state index >= 15 is 0 Å². The van der Waals surface area contributed by atoms with Crippen molar-refractivity contribution in [3.8, 4) is 0 Å². The number of aromatic nitrogens is 3. The second-order valence-corrected chi connectivity index (χ2v) is 11.2. The van der Waals surface area contributed by atoms with Gasteiger partial charge in [0.25, 0.3) is 22.2 Å². The molecule has 1 N–H and O–H groups in total. The van der Waals surface area contributed by atoms with E-state index in [9.17, 15) is 19.2 Å². The summed E-state index contributed by atoms with van der Waals surface area (Å²) in [4.78, 5) is 58.2. The average Bonchev–Trinajstić information content (AvgIpc) is 3.30. The van der Waals surface area contributed by atoms with Gasteiger partial charge >= 0.3 is 0 Å². The molecule has 7 nitrogen and oxygen atoms in total. The van der Waals surface area contributed by atoms with Crippen LogP contribution in [0, 0.1) is 0 Å². The lowest BCUT2D eigenvalue weighted by Crippen LogP contribution is -2.36. The molecule has 0 radical (unpaired) electrons. The Morgan fingerprint density at radius 2 is 0.974 bits per heavy atom. The Morgan fingerprint density at radius 1 is 0.564 bits per heavy atom. The molecule has 0 unspecified atom stereocenters. The van der Waals surface area contributed by atoms with Crippen molar-refractivity contribution < 1.29 is 0 Å². The minimum atomic E-state index is -0.299. The van der Waals surface area contributed by atoms with Gasteiger partial charge in [-0.1, -0.05) is 26.0 Å². The highest BCUT2D eigenvalue weighted by Crippen LogP contribution is 2.48. The van der Waals surface area contributed by atoms with Crippen LogP contribution in [0.5, 0.6) is 0 Å². The van der Waals surface area contributed by atoms with E-state index in [0.717, 1.165) is 43.4 Å². The second-order valence-electron chi connectivity index (χ2n) is 11.2. The highest BCUT2D eigenvalue weighted by Gasteiger charge is 2.27. The topological polar surface area (TPSA) is 93.9 Å². The first-order valence-corrected chi connectivity index (χ1v) is 13.6. The zero-order valence-corrected chi connectivity index (χ0v) is 22.1. The first-order chi connectivity index (χ1) is 18.8. The van der Waals surface area contributed by atoms with Gasteiger partial charge < -0.3 is 4.98 Å². The normalized spacial score (nSPS) is 13.2. The molecular weight excluding hydrogens is 490 g/mol. The Bertz CT molecular complexity index is 2530. The number of hydrogen-bond donors (Lipinski definition) is 1. The van der Waals surface area contributed by atoms with Gasteiger partial charge in [-0.15, -0.1) is 0 Å². The first-order valence-electron chi connectivity index (χ1n) is 13.6. The Balaban J connectivity index is 1.71. The summed E-state index contributed by atoms with van der Waals surface area (Å²) in [5.74, 6) is 0. The molecule has 0 amide bonds. The van der Waals surface area contributed by atoms with Crippen LogP contribution in [-0.2, 0) is 0 Å². The van der Waals surface area contributed by atoms with E-state index in [1.807, 2.05) is 64.1 Å². The molecule has 0 aliphatic rings. The maximum atomic E-state index is 13.9. The van der Waals surface area contributed by atoms with Gasteiger partial charge in [0.2, 0.25) is 0 Å². The van der Waals surface area contributed by atoms with Crippen molar-refractivity contribution in [2.75, 3.05) is 0 Å².